The molecular weight excluding hydrogens is 637 g/mol. The summed E-state index contributed by atoms with van der Waals surface area (Å²) in [4.78, 5) is 5.08. The van der Waals surface area contributed by atoms with Gasteiger partial charge < -0.3 is 5.32 Å². The molecule has 0 saturated heterocycles. The molecule has 2 rings (SSSR count). The summed E-state index contributed by atoms with van der Waals surface area (Å²) in [7, 11) is 0.277. The van der Waals surface area contributed by atoms with Gasteiger partial charge in [-0.25, -0.2) is 0 Å². The van der Waals surface area contributed by atoms with Crippen LogP contribution in [0.15, 0.2) is 53.2 Å². The molecule has 0 amide bonds. The van der Waals surface area contributed by atoms with Crippen molar-refractivity contribution in [2.75, 3.05) is 24.6 Å². The van der Waals surface area contributed by atoms with E-state index in [1.54, 1.807) is 0 Å². The molecule has 1 radical (unpaired) electrons. The summed E-state index contributed by atoms with van der Waals surface area (Å²) in [5.74, 6) is 1.75. The Hall–Kier alpha value is -0.867. The Morgan fingerprint density at radius 1 is 0.643 bits per heavy atom. The summed E-state index contributed by atoms with van der Waals surface area (Å²) in [6.07, 6.45) is 8.16. The first-order valence-electron chi connectivity index (χ1n) is 16.2. The van der Waals surface area contributed by atoms with Gasteiger partial charge >= 0.3 is 0 Å². The zero-order valence-electron chi connectivity index (χ0n) is 29.4. The van der Waals surface area contributed by atoms with Crippen molar-refractivity contribution in [2.45, 2.75) is 121 Å². The fraction of sp³-hybridized carbons (Fsp3) is 0.595. The first kappa shape index (κ1) is 41.1. The van der Waals surface area contributed by atoms with Crippen LogP contribution in [0.5, 0.6) is 0 Å². The second-order valence-corrected chi connectivity index (χ2v) is 21.9. The zero-order chi connectivity index (χ0) is 31.3. The van der Waals surface area contributed by atoms with Crippen LogP contribution in [-0.4, -0.2) is 30.4 Å². The van der Waals surface area contributed by atoms with Crippen molar-refractivity contribution in [3.63, 3.8) is 0 Å². The van der Waals surface area contributed by atoms with E-state index in [1.165, 1.54) is 46.9 Å². The number of rotatable bonds is 13. The van der Waals surface area contributed by atoms with Crippen LogP contribution in [-0.2, 0) is 19.5 Å². The smallest absolute Gasteiger partial charge is 0.119 e. The number of benzene rings is 2. The molecule has 42 heavy (non-hydrogen) atoms. The van der Waals surface area contributed by atoms with Crippen molar-refractivity contribution >= 4 is 32.3 Å². The number of hydrogen-bond donors (Lipinski definition) is 0. The largest absolute Gasteiger partial charge is 0.661 e. The molecule has 0 saturated carbocycles. The third kappa shape index (κ3) is 12.6. The summed E-state index contributed by atoms with van der Waals surface area (Å²) in [5, 5.41) is 5.08. The number of nitrogens with zero attached hydrogens (tertiary/aromatic N) is 2. The van der Waals surface area contributed by atoms with Gasteiger partial charge in [-0.1, -0.05) is 116 Å². The Kier molecular flexibility index (Phi) is 20.5. The minimum atomic E-state index is 0. The van der Waals surface area contributed by atoms with Crippen molar-refractivity contribution in [1.82, 2.24) is 0 Å². The van der Waals surface area contributed by atoms with Crippen molar-refractivity contribution in [3.05, 3.63) is 75.7 Å². The first-order valence-corrected chi connectivity index (χ1v) is 21.1. The quantitative estimate of drug-likeness (QED) is 0.113. The van der Waals surface area contributed by atoms with E-state index in [-0.39, 0.29) is 34.7 Å². The molecule has 0 bridgehead atoms. The Bertz CT molecular complexity index is 1050. The van der Waals surface area contributed by atoms with Gasteiger partial charge in [0.05, 0.1) is 30.3 Å². The molecule has 0 fully saturated rings. The second kappa shape index (κ2) is 21.0. The van der Waals surface area contributed by atoms with Gasteiger partial charge in [0, 0.05) is 25.2 Å². The molecule has 239 valence electrons. The van der Waals surface area contributed by atoms with E-state index in [0.717, 1.165) is 22.8 Å². The normalized spacial score (nSPS) is 12.4. The van der Waals surface area contributed by atoms with Gasteiger partial charge in [-0.05, 0) is 69.4 Å². The van der Waals surface area contributed by atoms with Crippen LogP contribution in [0.25, 0.3) is 5.32 Å². The molecule has 0 atom stereocenters. The van der Waals surface area contributed by atoms with E-state index in [1.807, 2.05) is 0 Å². The summed E-state index contributed by atoms with van der Waals surface area (Å²) in [5.41, 5.74) is 9.45. The topological polar surface area (TPSA) is 26.5 Å². The molecule has 0 aromatic heterocycles. The Morgan fingerprint density at radius 2 is 0.976 bits per heavy atom. The van der Waals surface area contributed by atoms with Crippen LogP contribution in [0.3, 0.4) is 0 Å². The molecule has 0 N–H and O–H groups in total. The van der Waals surface area contributed by atoms with E-state index in [4.69, 9.17) is 10.3 Å². The number of para-hydroxylation sites is 2. The Labute approximate surface area is 276 Å². The van der Waals surface area contributed by atoms with Gasteiger partial charge in [0.2, 0.25) is 0 Å². The SMILES string of the molecule is CC(/C=C(/C)[N-]c1c(C(C)C)cccc1C(C)C)=Nc1c(C(C)C)cccc1C(C)C.CC[PH+](CC)[PH+](CC)CC.[Rh]. The predicted molar refractivity (Wildman–Crippen MR) is 198 cm³/mol. The molecule has 0 aliphatic rings. The van der Waals surface area contributed by atoms with E-state index < -0.39 is 0 Å². The average Bonchev–Trinajstić information content (AvgIpc) is 2.91. The van der Waals surface area contributed by atoms with Gasteiger partial charge in [0.25, 0.3) is 0 Å². The number of allylic oxidation sites excluding steroid dienone is 2. The average molecular weight is 701 g/mol. The minimum absolute atomic E-state index is 0. The van der Waals surface area contributed by atoms with Crippen molar-refractivity contribution < 1.29 is 19.5 Å². The van der Waals surface area contributed by atoms with Crippen LogP contribution >= 0.6 is 15.2 Å². The van der Waals surface area contributed by atoms with Gasteiger partial charge in [-0.2, -0.15) is 5.70 Å². The summed E-state index contributed by atoms with van der Waals surface area (Å²) < 4.78 is 0. The van der Waals surface area contributed by atoms with Crippen LogP contribution in [0.2, 0.25) is 0 Å². The van der Waals surface area contributed by atoms with Gasteiger partial charge in [-0.15, -0.1) is 5.69 Å². The van der Waals surface area contributed by atoms with Crippen molar-refractivity contribution in [1.29, 1.82) is 0 Å². The number of aliphatic imine (C=N–C) groups is 1. The first-order chi connectivity index (χ1) is 19.3. The maximum Gasteiger partial charge on any atom is 0.119 e. The molecule has 2 aromatic carbocycles. The predicted octanol–water partition coefficient (Wildman–Crippen LogP) is 13.3. The van der Waals surface area contributed by atoms with Crippen molar-refractivity contribution in [2.24, 2.45) is 4.99 Å². The molecule has 0 aliphatic heterocycles. The molecule has 0 spiro atoms. The van der Waals surface area contributed by atoms with E-state index in [2.05, 4.69) is 139 Å². The summed E-state index contributed by atoms with van der Waals surface area (Å²) in [6.45, 7) is 31.6. The fourth-order valence-electron chi connectivity index (χ4n) is 5.50. The minimum Gasteiger partial charge on any atom is -0.661 e. The molecule has 2 nitrogen and oxygen atoms in total. The maximum absolute atomic E-state index is 5.08. The van der Waals surface area contributed by atoms with E-state index >= 15 is 0 Å². The molecule has 5 heteroatoms. The van der Waals surface area contributed by atoms with Gasteiger partial charge in [-0.3, -0.25) is 4.99 Å². The molecular formula is C37H63N2P2Rh+. The zero-order valence-corrected chi connectivity index (χ0v) is 33.0. The fourth-order valence-corrected chi connectivity index (χ4v) is 14.5. The third-order valence-corrected chi connectivity index (χ3v) is 19.5. The van der Waals surface area contributed by atoms with Crippen LogP contribution in [0.4, 0.5) is 11.4 Å². The Balaban J connectivity index is 0.00000131. The monoisotopic (exact) mass is 700 g/mol. The summed E-state index contributed by atoms with van der Waals surface area (Å²) in [6, 6.07) is 13.1. The van der Waals surface area contributed by atoms with E-state index in [0.29, 0.717) is 23.7 Å². The van der Waals surface area contributed by atoms with E-state index in [9.17, 15) is 0 Å². The number of hydrogen-bond acceptors (Lipinski definition) is 1. The van der Waals surface area contributed by atoms with Crippen LogP contribution < -0.4 is 0 Å². The molecule has 0 heterocycles. The standard InChI is InChI=1S/C29H41N2.C8H22P2.Rh/c1-18(2)24-13-11-14-25(19(3)4)28(24)30-22(9)17-23(10)31-29-26(20(5)6)15-12-16-27(29)21(7)8;1-5-9(6-2)10(7-3)8-4;/h11-21H,1-10H3;9-10H,5-8H2,1-4H3;/q-1;+2;/b22-17-,31-23?;;. The van der Waals surface area contributed by atoms with Gasteiger partial charge in [0.15, 0.2) is 0 Å². The van der Waals surface area contributed by atoms with Crippen molar-refractivity contribution in [3.8, 4) is 0 Å². The van der Waals surface area contributed by atoms with Crippen LogP contribution in [0.1, 0.15) is 143 Å². The summed E-state index contributed by atoms with van der Waals surface area (Å²) >= 11 is 0. The molecule has 0 aliphatic carbocycles. The maximum atomic E-state index is 5.08. The Morgan fingerprint density at radius 3 is 1.29 bits per heavy atom. The second-order valence-electron chi connectivity index (χ2n) is 12.5. The van der Waals surface area contributed by atoms with Crippen LogP contribution in [0, 0.1) is 0 Å². The molecule has 0 unspecified atom stereocenters. The molecule has 2 aromatic rings. The van der Waals surface area contributed by atoms with Gasteiger partial charge in [0.1, 0.15) is 15.2 Å². The third-order valence-electron chi connectivity index (χ3n) is 7.89.